The van der Waals surface area contributed by atoms with Crippen molar-refractivity contribution in [3.8, 4) is 0 Å². The van der Waals surface area contributed by atoms with E-state index in [1.807, 2.05) is 0 Å². The second-order valence-electron chi connectivity index (χ2n) is 2.35. The molecule has 0 nitrogen and oxygen atoms in total. The van der Waals surface area contributed by atoms with Crippen LogP contribution in [0.4, 0.5) is 22.0 Å². The molecule has 12 heavy (non-hydrogen) atoms. The van der Waals surface area contributed by atoms with E-state index in [2.05, 4.69) is 0 Å². The largest absolute Gasteiger partial charge is 0.293 e. The molecule has 0 amide bonds. The molecule has 1 atom stereocenters. The van der Waals surface area contributed by atoms with Crippen LogP contribution in [0.3, 0.4) is 0 Å². The van der Waals surface area contributed by atoms with Crippen molar-refractivity contribution in [2.75, 3.05) is 0 Å². The number of rotatable bonds is 1. The van der Waals surface area contributed by atoms with Crippen LogP contribution in [0.25, 0.3) is 0 Å². The molecule has 1 aliphatic carbocycles. The van der Waals surface area contributed by atoms with Crippen LogP contribution < -0.4 is 0 Å². The Morgan fingerprint density at radius 1 is 1.33 bits per heavy atom. The van der Waals surface area contributed by atoms with Crippen molar-refractivity contribution in [1.29, 1.82) is 0 Å². The third kappa shape index (κ3) is 1.65. The third-order valence-electron chi connectivity index (χ3n) is 1.45. The van der Waals surface area contributed by atoms with Gasteiger partial charge in [0, 0.05) is 0 Å². The zero-order valence-corrected chi connectivity index (χ0v) is 5.78. The van der Waals surface area contributed by atoms with E-state index in [1.165, 1.54) is 0 Å². The lowest BCUT2D eigenvalue weighted by atomic mass is 10.0. The van der Waals surface area contributed by atoms with Gasteiger partial charge >= 0.3 is 0 Å². The van der Waals surface area contributed by atoms with Gasteiger partial charge in [0.05, 0.1) is 5.57 Å². The SMILES string of the molecule is FC1C=CC(F)(F)C(C(F)F)=C1. The van der Waals surface area contributed by atoms with Crippen LogP contribution in [0.15, 0.2) is 23.8 Å². The van der Waals surface area contributed by atoms with Gasteiger partial charge in [-0.1, -0.05) is 0 Å². The minimum atomic E-state index is -3.71. The van der Waals surface area contributed by atoms with E-state index in [-0.39, 0.29) is 12.2 Å². The summed E-state index contributed by atoms with van der Waals surface area (Å²) in [4.78, 5) is 0. The van der Waals surface area contributed by atoms with Gasteiger partial charge in [-0.3, -0.25) is 0 Å². The zero-order valence-electron chi connectivity index (χ0n) is 5.78. The van der Waals surface area contributed by atoms with Gasteiger partial charge in [0.2, 0.25) is 0 Å². The summed E-state index contributed by atoms with van der Waals surface area (Å²) in [6.45, 7) is 0. The molecule has 0 aliphatic heterocycles. The van der Waals surface area contributed by atoms with Gasteiger partial charge in [-0.25, -0.2) is 13.2 Å². The lowest BCUT2D eigenvalue weighted by Crippen LogP contribution is -2.25. The van der Waals surface area contributed by atoms with Crippen molar-refractivity contribution in [2.24, 2.45) is 0 Å². The lowest BCUT2D eigenvalue weighted by Gasteiger charge is -2.19. The highest BCUT2D eigenvalue weighted by Crippen LogP contribution is 2.34. The summed E-state index contributed by atoms with van der Waals surface area (Å²) < 4.78 is 61.0. The van der Waals surface area contributed by atoms with Gasteiger partial charge < -0.3 is 0 Å². The number of allylic oxidation sites excluding steroid dienone is 4. The normalized spacial score (nSPS) is 27.5. The van der Waals surface area contributed by atoms with Crippen LogP contribution in [0.2, 0.25) is 0 Å². The smallest absolute Gasteiger partial charge is 0.238 e. The Hall–Kier alpha value is -0.870. The van der Waals surface area contributed by atoms with Crippen LogP contribution in [-0.2, 0) is 0 Å². The summed E-state index contributed by atoms with van der Waals surface area (Å²) in [6.07, 6.45) is -4.22. The quantitative estimate of drug-likeness (QED) is 0.434. The Labute approximate surface area is 65.4 Å². The first kappa shape index (κ1) is 9.22. The minimum Gasteiger partial charge on any atom is -0.238 e. The molecule has 0 aromatic heterocycles. The van der Waals surface area contributed by atoms with Gasteiger partial charge in [-0.2, -0.15) is 8.78 Å². The Bertz CT molecular complexity index is 228. The summed E-state index contributed by atoms with van der Waals surface area (Å²) in [6, 6.07) is 0. The number of hydrogen-bond acceptors (Lipinski definition) is 0. The Morgan fingerprint density at radius 3 is 2.33 bits per heavy atom. The first-order valence-corrected chi connectivity index (χ1v) is 3.15. The predicted molar refractivity (Wildman–Crippen MR) is 33.1 cm³/mol. The Morgan fingerprint density at radius 2 is 1.92 bits per heavy atom. The summed E-state index contributed by atoms with van der Waals surface area (Å²) >= 11 is 0. The number of hydrogen-bond donors (Lipinski definition) is 0. The van der Waals surface area contributed by atoms with E-state index >= 15 is 0 Å². The molecule has 1 unspecified atom stereocenters. The molecule has 68 valence electrons. The van der Waals surface area contributed by atoms with Gasteiger partial charge in [-0.05, 0) is 18.2 Å². The second kappa shape index (κ2) is 2.88. The van der Waals surface area contributed by atoms with E-state index < -0.39 is 24.1 Å². The van der Waals surface area contributed by atoms with Crippen LogP contribution in [0.1, 0.15) is 0 Å². The van der Waals surface area contributed by atoms with Gasteiger partial charge in [-0.15, -0.1) is 0 Å². The zero-order chi connectivity index (χ0) is 9.35. The average Bonchev–Trinajstić information content (AvgIpc) is 1.94. The summed E-state index contributed by atoms with van der Waals surface area (Å²) in [5.41, 5.74) is -1.46. The van der Waals surface area contributed by atoms with E-state index in [9.17, 15) is 22.0 Å². The topological polar surface area (TPSA) is 0 Å². The third-order valence-corrected chi connectivity index (χ3v) is 1.45. The molecular formula is C7H5F5. The van der Waals surface area contributed by atoms with Crippen LogP contribution in [0, 0.1) is 0 Å². The highest BCUT2D eigenvalue weighted by Gasteiger charge is 2.39. The lowest BCUT2D eigenvalue weighted by molar-refractivity contribution is 0.0469. The maximum absolute atomic E-state index is 12.5. The summed E-state index contributed by atoms with van der Waals surface area (Å²) in [5, 5.41) is 0. The number of alkyl halides is 5. The predicted octanol–water partition coefficient (Wildman–Crippen LogP) is 2.72. The summed E-state index contributed by atoms with van der Waals surface area (Å²) in [7, 11) is 0. The van der Waals surface area contributed by atoms with Crippen molar-refractivity contribution in [1.82, 2.24) is 0 Å². The van der Waals surface area contributed by atoms with Crippen molar-refractivity contribution in [2.45, 2.75) is 18.5 Å². The maximum Gasteiger partial charge on any atom is 0.293 e. The van der Waals surface area contributed by atoms with Crippen LogP contribution in [0.5, 0.6) is 0 Å². The van der Waals surface area contributed by atoms with Crippen molar-refractivity contribution in [3.05, 3.63) is 23.8 Å². The molecule has 0 radical (unpaired) electrons. The molecule has 0 aromatic rings. The monoisotopic (exact) mass is 184 g/mol. The molecule has 1 rings (SSSR count). The highest BCUT2D eigenvalue weighted by atomic mass is 19.3. The summed E-state index contributed by atoms with van der Waals surface area (Å²) in [5.74, 6) is -3.71. The Balaban J connectivity index is 2.94. The molecule has 0 aromatic carbocycles. The second-order valence-corrected chi connectivity index (χ2v) is 2.35. The molecule has 0 N–H and O–H groups in total. The molecule has 0 saturated carbocycles. The molecule has 0 saturated heterocycles. The molecule has 0 spiro atoms. The van der Waals surface area contributed by atoms with E-state index in [0.29, 0.717) is 6.08 Å². The molecule has 1 aliphatic rings. The first-order chi connectivity index (χ1) is 5.43. The first-order valence-electron chi connectivity index (χ1n) is 3.15. The molecule has 0 bridgehead atoms. The van der Waals surface area contributed by atoms with Crippen LogP contribution in [-0.4, -0.2) is 18.5 Å². The molecule has 0 fully saturated rings. The average molecular weight is 184 g/mol. The maximum atomic E-state index is 12.5. The fraction of sp³-hybridized carbons (Fsp3) is 0.429. The van der Waals surface area contributed by atoms with Gasteiger partial charge in [0.15, 0.2) is 0 Å². The van der Waals surface area contributed by atoms with Crippen LogP contribution >= 0.6 is 0 Å². The Kier molecular flexibility index (Phi) is 2.21. The minimum absolute atomic E-state index is 0.152. The van der Waals surface area contributed by atoms with E-state index in [0.717, 1.165) is 0 Å². The van der Waals surface area contributed by atoms with Gasteiger partial charge in [0.25, 0.3) is 12.3 Å². The molecule has 5 heteroatoms. The van der Waals surface area contributed by atoms with Crippen molar-refractivity contribution < 1.29 is 22.0 Å². The van der Waals surface area contributed by atoms with E-state index in [4.69, 9.17) is 0 Å². The highest BCUT2D eigenvalue weighted by molar-refractivity contribution is 5.30. The fourth-order valence-electron chi connectivity index (χ4n) is 0.865. The fourth-order valence-corrected chi connectivity index (χ4v) is 0.865. The number of halogens is 5. The standard InChI is InChI=1S/C7H5F5/c8-4-1-2-7(11,12)5(3-4)6(9)10/h1-4,6H. The van der Waals surface area contributed by atoms with Crippen molar-refractivity contribution in [3.63, 3.8) is 0 Å². The molecule has 0 heterocycles. The van der Waals surface area contributed by atoms with Gasteiger partial charge in [0.1, 0.15) is 6.17 Å². The molecular weight excluding hydrogens is 179 g/mol. The van der Waals surface area contributed by atoms with E-state index in [1.54, 1.807) is 0 Å². The van der Waals surface area contributed by atoms with Crippen molar-refractivity contribution >= 4 is 0 Å².